The molecule has 15 heteroatoms. The van der Waals surface area contributed by atoms with Gasteiger partial charge in [0.25, 0.3) is 0 Å². The maximum atomic E-state index is 14.5. The summed E-state index contributed by atoms with van der Waals surface area (Å²) in [6, 6.07) is 15.0. The number of oxime groups is 1. The van der Waals surface area contributed by atoms with Crippen molar-refractivity contribution >= 4 is 40.0 Å². The van der Waals surface area contributed by atoms with Crippen LogP contribution in [0.25, 0.3) is 10.8 Å². The van der Waals surface area contributed by atoms with Crippen molar-refractivity contribution < 1.29 is 53.1 Å². The zero-order chi connectivity index (χ0) is 48.5. The van der Waals surface area contributed by atoms with Crippen molar-refractivity contribution in [1.82, 2.24) is 9.88 Å². The van der Waals surface area contributed by atoms with Crippen molar-refractivity contribution in [3.8, 4) is 0 Å². The molecule has 0 radical (unpaired) electrons. The number of allylic oxidation sites excluding steroid dienone is 1. The Morgan fingerprint density at radius 3 is 2.38 bits per heavy atom. The summed E-state index contributed by atoms with van der Waals surface area (Å²) in [7, 11) is 5.43. The number of pyridine rings is 1. The van der Waals surface area contributed by atoms with Crippen molar-refractivity contribution in [3.05, 3.63) is 89.4 Å². The second-order valence-electron chi connectivity index (χ2n) is 18.9. The average molecular weight is 939 g/mol. The van der Waals surface area contributed by atoms with E-state index in [4.69, 9.17) is 44.9 Å². The summed E-state index contributed by atoms with van der Waals surface area (Å²) in [6.45, 7) is 15.8. The minimum atomic E-state index is -1.93. The number of hydrogen-bond donors (Lipinski definition) is 2. The number of benzene rings is 2. The number of nitrogens with zero attached hydrogens (tertiary/aromatic N) is 3. The van der Waals surface area contributed by atoms with Crippen LogP contribution >= 0.6 is 11.6 Å². The molecule has 2 aliphatic rings. The molecule has 0 spiro atoms. The first-order valence-corrected chi connectivity index (χ1v) is 23.5. The molecule has 2 saturated heterocycles. The number of cyclic esters (lactones) is 1. The molecule has 2 N–H and O–H groups in total. The highest BCUT2D eigenvalue weighted by atomic mass is 35.5. The van der Waals surface area contributed by atoms with Crippen LogP contribution in [0.5, 0.6) is 0 Å². The molecule has 0 aliphatic carbocycles. The first kappa shape index (κ1) is 52.8. The van der Waals surface area contributed by atoms with Gasteiger partial charge in [0, 0.05) is 60.2 Å². The van der Waals surface area contributed by atoms with Crippen LogP contribution < -0.4 is 0 Å². The van der Waals surface area contributed by atoms with E-state index in [0.717, 1.165) is 16.3 Å². The average Bonchev–Trinajstić information content (AvgIpc) is 3.28. The van der Waals surface area contributed by atoms with Crippen LogP contribution in [0.1, 0.15) is 92.7 Å². The van der Waals surface area contributed by atoms with Crippen LogP contribution in [-0.2, 0) is 55.9 Å². The van der Waals surface area contributed by atoms with E-state index in [-0.39, 0.29) is 31.6 Å². The van der Waals surface area contributed by atoms with E-state index < -0.39 is 83.6 Å². The molecule has 364 valence electrons. The van der Waals surface area contributed by atoms with Gasteiger partial charge in [0.15, 0.2) is 12.4 Å². The third-order valence-electron chi connectivity index (χ3n) is 13.6. The van der Waals surface area contributed by atoms with E-state index in [0.29, 0.717) is 29.1 Å². The van der Waals surface area contributed by atoms with Gasteiger partial charge < -0.3 is 48.4 Å². The predicted octanol–water partition coefficient (Wildman–Crippen LogP) is 8.07. The van der Waals surface area contributed by atoms with Gasteiger partial charge in [-0.1, -0.05) is 86.9 Å². The van der Waals surface area contributed by atoms with E-state index in [1.54, 1.807) is 40.2 Å². The zero-order valence-corrected chi connectivity index (χ0v) is 41.4. The number of esters is 2. The second-order valence-corrected chi connectivity index (χ2v) is 19.3. The van der Waals surface area contributed by atoms with E-state index in [2.05, 4.69) is 10.1 Å². The number of methoxy groups -OCH3 is 1. The Hall–Kier alpha value is -4.15. The summed E-state index contributed by atoms with van der Waals surface area (Å²) in [4.78, 5) is 39.7. The smallest absolute Gasteiger partial charge is 0.312 e. The van der Waals surface area contributed by atoms with E-state index in [1.165, 1.54) is 13.8 Å². The van der Waals surface area contributed by atoms with E-state index in [9.17, 15) is 19.8 Å². The Morgan fingerprint density at radius 2 is 1.71 bits per heavy atom. The van der Waals surface area contributed by atoms with Crippen LogP contribution in [-0.4, -0.2) is 119 Å². The number of aromatic nitrogens is 1. The molecule has 66 heavy (non-hydrogen) atoms. The van der Waals surface area contributed by atoms with Crippen molar-refractivity contribution in [2.45, 2.75) is 155 Å². The molecule has 0 amide bonds. The SMILES string of the molecule is CC[C@H]1OC(=O)[C@H](C)[C@@H](O/C=C\Cc2cncc3ccccc23)[C@H](C)[C@@H](O[C@@H]2O[C@H](C)C[C@H](N(C)C)[C@H]2OC(C)=O)[C@](C)(OC)C[C@@H](C)/C(=N\OCc2ccccc2Cl)[C@H](C)[C@@H](O)[C@]1(C)O. The Morgan fingerprint density at radius 1 is 1.02 bits per heavy atom. The molecule has 2 fully saturated rings. The lowest BCUT2D eigenvalue weighted by Crippen LogP contribution is -2.61. The third kappa shape index (κ3) is 12.5. The number of carbonyl (C=O) groups excluding carboxylic acids is 2. The van der Waals surface area contributed by atoms with E-state index in [1.807, 2.05) is 108 Å². The van der Waals surface area contributed by atoms with Crippen LogP contribution in [0.4, 0.5) is 0 Å². The summed E-state index contributed by atoms with van der Waals surface area (Å²) in [6.07, 6.45) is 1.98. The first-order valence-electron chi connectivity index (χ1n) is 23.1. The summed E-state index contributed by atoms with van der Waals surface area (Å²) >= 11 is 6.48. The fourth-order valence-electron chi connectivity index (χ4n) is 9.76. The van der Waals surface area contributed by atoms with Gasteiger partial charge in [-0.15, -0.1) is 0 Å². The topological polar surface area (TPSA) is 168 Å². The van der Waals surface area contributed by atoms with Gasteiger partial charge in [-0.05, 0) is 90.6 Å². The number of rotatable bonds is 13. The molecule has 0 unspecified atom stereocenters. The summed E-state index contributed by atoms with van der Waals surface area (Å²) in [5.74, 6) is -4.05. The lowest BCUT2D eigenvalue weighted by molar-refractivity contribution is -0.303. The van der Waals surface area contributed by atoms with Gasteiger partial charge in [-0.25, -0.2) is 0 Å². The molecular formula is C51H72ClN3O11. The third-order valence-corrected chi connectivity index (χ3v) is 13.9. The molecule has 14 nitrogen and oxygen atoms in total. The highest BCUT2D eigenvalue weighted by Gasteiger charge is 2.53. The summed E-state index contributed by atoms with van der Waals surface area (Å²) < 4.78 is 39.1. The number of fused-ring (bicyclic) bond motifs is 1. The van der Waals surface area contributed by atoms with Gasteiger partial charge in [0.05, 0.1) is 47.8 Å². The maximum Gasteiger partial charge on any atom is 0.312 e. The van der Waals surface area contributed by atoms with Crippen molar-refractivity contribution in [1.29, 1.82) is 0 Å². The summed E-state index contributed by atoms with van der Waals surface area (Å²) in [5, 5.41) is 31.5. The quantitative estimate of drug-likeness (QED) is 0.0961. The number of likely N-dealkylation sites (N-methyl/N-ethyl adjacent to an activating group) is 1. The Balaban J connectivity index is 1.64. The standard InChI is InChI=1S/C51H72ClN3O11/c1-13-42-51(9,59)46(57)32(4)43(54-62-29-38-20-15-17-23-40(38)52)30(2)26-50(8,60-12)47(66-49-45(64-35(7)56)41(55(10)11)25-31(3)63-49)33(5)44(34(6)48(58)65-42)61-24-18-21-37-28-53-27-36-19-14-16-22-39(36)37/h14-20,22-24,27-28,30-34,41-42,44-47,49,57,59H,13,21,25-26,29H2,1-12H3/b24-18-,54-43+/t30-,31-,32+,33+,34-,41+,42-,44+,45-,46-,47-,49+,50-,51-/m1/s1. The molecule has 5 rings (SSSR count). The molecule has 0 bridgehead atoms. The minimum absolute atomic E-state index is 0.0395. The first-order chi connectivity index (χ1) is 31.2. The number of halogens is 1. The lowest BCUT2D eigenvalue weighted by atomic mass is 9.73. The molecule has 14 atom stereocenters. The van der Waals surface area contributed by atoms with Gasteiger partial charge in [-0.2, -0.15) is 0 Å². The predicted molar refractivity (Wildman–Crippen MR) is 253 cm³/mol. The minimum Gasteiger partial charge on any atom is -0.497 e. The zero-order valence-electron chi connectivity index (χ0n) is 40.7. The van der Waals surface area contributed by atoms with E-state index >= 15 is 0 Å². The Labute approximate surface area is 395 Å². The molecule has 2 aromatic carbocycles. The van der Waals surface area contributed by atoms with Crippen molar-refractivity contribution in [2.24, 2.45) is 28.8 Å². The van der Waals surface area contributed by atoms with Gasteiger partial charge in [-0.3, -0.25) is 14.6 Å². The Bertz CT molecular complexity index is 2130. The number of aliphatic hydroxyl groups is 2. The number of ether oxygens (including phenoxy) is 6. The Kier molecular flexibility index (Phi) is 18.6. The van der Waals surface area contributed by atoms with Gasteiger partial charge in [0.2, 0.25) is 0 Å². The molecule has 3 aromatic rings. The molecule has 0 saturated carbocycles. The highest BCUT2D eigenvalue weighted by Crippen LogP contribution is 2.41. The fourth-order valence-corrected chi connectivity index (χ4v) is 9.95. The normalized spacial score (nSPS) is 34.5. The molecular weight excluding hydrogens is 866 g/mol. The van der Waals surface area contributed by atoms with Crippen LogP contribution in [0, 0.1) is 23.7 Å². The van der Waals surface area contributed by atoms with Crippen molar-refractivity contribution in [3.63, 3.8) is 0 Å². The van der Waals surface area contributed by atoms with Crippen LogP contribution in [0.3, 0.4) is 0 Å². The maximum absolute atomic E-state index is 14.5. The summed E-state index contributed by atoms with van der Waals surface area (Å²) in [5.41, 5.74) is -1.02. The second kappa shape index (κ2) is 23.2. The highest BCUT2D eigenvalue weighted by molar-refractivity contribution is 6.31. The number of hydrogen-bond acceptors (Lipinski definition) is 14. The number of aliphatic hydroxyl groups excluding tert-OH is 1. The largest absolute Gasteiger partial charge is 0.497 e. The van der Waals surface area contributed by atoms with Crippen molar-refractivity contribution in [2.75, 3.05) is 21.2 Å². The monoisotopic (exact) mass is 937 g/mol. The lowest BCUT2D eigenvalue weighted by Gasteiger charge is -2.49. The van der Waals surface area contributed by atoms with Gasteiger partial charge in [0.1, 0.15) is 24.4 Å². The van der Waals surface area contributed by atoms with Gasteiger partial charge >= 0.3 is 11.9 Å². The molecule has 2 aliphatic heterocycles. The van der Waals surface area contributed by atoms with Crippen LogP contribution in [0.15, 0.2) is 78.4 Å². The fraction of sp³-hybridized carbons (Fsp3) is 0.608. The molecule has 1 aromatic heterocycles. The van der Waals surface area contributed by atoms with Crippen LogP contribution in [0.2, 0.25) is 5.02 Å². The molecule has 3 heterocycles. The number of carbonyl (C=O) groups is 2.